The Balaban J connectivity index is 0.000000115. The first-order chi connectivity index (χ1) is 52.5. The Hall–Kier alpha value is -10.9. The molecule has 18 aromatic rings. The van der Waals surface area contributed by atoms with Gasteiger partial charge in [0.2, 0.25) is 0 Å². The minimum absolute atomic E-state index is 0.352. The number of benzene rings is 12. The Morgan fingerprint density at radius 1 is 0.315 bits per heavy atom. The van der Waals surface area contributed by atoms with Gasteiger partial charge in [0.1, 0.15) is 0 Å². The second-order valence-electron chi connectivity index (χ2n) is 27.4. The SMILES string of the molecule is Brc1ccc(-c2cc3ccc4ccccc4n3n2)cc1.Brc1ccc(I)cc1.CC1(C)OB(c2cc3ccc4ccccc4n3n2)OC1(C)C.OB(O)c1cc(-c2ccccc2)cc(-c2ccccc2)c1.c1ccc(-c2cc(-c3ccccc3)cc(-c3ccc(-c4cc5ccc6ccccc6n5n4)cc3)c2)cc1. The van der Waals surface area contributed by atoms with Crippen LogP contribution in [0.3, 0.4) is 0 Å². The summed E-state index contributed by atoms with van der Waals surface area (Å²) in [6, 6.07) is 123. The molecule has 108 heavy (non-hydrogen) atoms. The summed E-state index contributed by atoms with van der Waals surface area (Å²) < 4.78 is 21.7. The van der Waals surface area contributed by atoms with Crippen LogP contribution < -0.4 is 11.1 Å². The van der Waals surface area contributed by atoms with Gasteiger partial charge in [-0.3, -0.25) is 0 Å². The molecule has 0 spiro atoms. The predicted molar refractivity (Wildman–Crippen MR) is 463 cm³/mol. The van der Waals surface area contributed by atoms with E-state index >= 15 is 0 Å². The lowest BCUT2D eigenvalue weighted by Gasteiger charge is -2.32. The summed E-state index contributed by atoms with van der Waals surface area (Å²) in [5.41, 5.74) is 22.7. The lowest BCUT2D eigenvalue weighted by atomic mass is 9.77. The van der Waals surface area contributed by atoms with E-state index in [9.17, 15) is 10.0 Å². The van der Waals surface area contributed by atoms with Gasteiger partial charge in [0.25, 0.3) is 0 Å². The molecular formula is C93H73B2Br2IN6O4. The monoisotopic (exact) mass is 1640 g/mol. The first kappa shape index (κ1) is 72.7. The highest BCUT2D eigenvalue weighted by molar-refractivity contribution is 14.1. The average molecular weight is 1650 g/mol. The number of hydrogen-bond donors (Lipinski definition) is 2. The third-order valence-corrected chi connectivity index (χ3v) is 21.4. The molecule has 0 atom stereocenters. The Kier molecular flexibility index (Phi) is 21.7. The number of pyridine rings is 3. The third kappa shape index (κ3) is 16.5. The second kappa shape index (κ2) is 32.3. The van der Waals surface area contributed by atoms with E-state index in [0.717, 1.165) is 92.4 Å². The van der Waals surface area contributed by atoms with Crippen molar-refractivity contribution in [2.45, 2.75) is 38.9 Å². The smallest absolute Gasteiger partial charge is 0.423 e. The lowest BCUT2D eigenvalue weighted by Crippen LogP contribution is -2.41. The summed E-state index contributed by atoms with van der Waals surface area (Å²) in [5.74, 6) is 0. The fraction of sp³-hybridized carbons (Fsp3) is 0.0645. The van der Waals surface area contributed by atoms with E-state index in [-0.39, 0.29) is 11.2 Å². The normalized spacial score (nSPS) is 12.7. The first-order valence-corrected chi connectivity index (χ1v) is 38.3. The van der Waals surface area contributed by atoms with Crippen molar-refractivity contribution in [1.29, 1.82) is 0 Å². The van der Waals surface area contributed by atoms with Crippen LogP contribution in [0.2, 0.25) is 0 Å². The van der Waals surface area contributed by atoms with Crippen LogP contribution in [0.4, 0.5) is 0 Å². The zero-order chi connectivity index (χ0) is 74.3. The molecule has 15 heteroatoms. The molecule has 6 aromatic heterocycles. The zero-order valence-electron chi connectivity index (χ0n) is 59.7. The molecule has 0 bridgehead atoms. The van der Waals surface area contributed by atoms with Gasteiger partial charge in [0.05, 0.1) is 61.3 Å². The van der Waals surface area contributed by atoms with Crippen LogP contribution in [0.15, 0.2) is 367 Å². The number of fused-ring (bicyclic) bond motifs is 9. The van der Waals surface area contributed by atoms with E-state index in [1.165, 1.54) is 53.1 Å². The zero-order valence-corrected chi connectivity index (χ0v) is 65.1. The van der Waals surface area contributed by atoms with E-state index in [4.69, 9.17) is 24.6 Å². The maximum absolute atomic E-state index is 9.52. The van der Waals surface area contributed by atoms with Crippen LogP contribution in [-0.4, -0.2) is 64.3 Å². The molecule has 12 aromatic carbocycles. The molecule has 0 unspecified atom stereocenters. The first-order valence-electron chi connectivity index (χ1n) is 35.7. The van der Waals surface area contributed by atoms with E-state index in [0.29, 0.717) is 5.46 Å². The number of aromatic nitrogens is 6. The Bertz CT molecular complexity index is 5990. The van der Waals surface area contributed by atoms with Crippen LogP contribution in [-0.2, 0) is 9.31 Å². The Morgan fingerprint density at radius 2 is 0.611 bits per heavy atom. The standard InChI is InChI=1S/C35H24N2.C18H15BO2.C17H19BN2O2.C17H11BrN2.C6H4BrI/c1-3-9-25(10-4-1)30-21-31(26-11-5-2-6-12-26)23-32(22-30)27-15-17-28(18-16-27)34-24-33-20-19-29-13-7-8-14-35(29)37(33)36-34;20-19(21)18-12-16(14-7-3-1-4-8-14)11-17(13-18)15-9-5-2-6-10-15;1-16(2)17(3,4)22-18(21-16)15-11-13-10-9-12-7-5-6-8-14(12)20(13)19-15;18-14-8-5-12(6-9-14)16-11-15-10-7-13-3-1-2-4-17(13)20(15)19-16;7-5-1-3-6(8)4-2-5/h1-24H;1-13,20-21H;5-11H,1-4H3;1-11H;1-4H. The molecule has 0 amide bonds. The number of halogens is 3. The lowest BCUT2D eigenvalue weighted by molar-refractivity contribution is 0.00578. The number of hydrogen-bond acceptors (Lipinski definition) is 7. The Morgan fingerprint density at radius 3 is 0.972 bits per heavy atom. The maximum atomic E-state index is 9.52. The van der Waals surface area contributed by atoms with Gasteiger partial charge in [0.15, 0.2) is 0 Å². The van der Waals surface area contributed by atoms with E-state index in [1.54, 1.807) is 0 Å². The van der Waals surface area contributed by atoms with Crippen LogP contribution in [0.1, 0.15) is 27.7 Å². The average Bonchev–Trinajstić information content (AvgIpc) is 1.60. The summed E-state index contributed by atoms with van der Waals surface area (Å²) in [6.07, 6.45) is 0. The van der Waals surface area contributed by atoms with Crippen LogP contribution in [0.25, 0.3) is 127 Å². The number of para-hydroxylation sites is 3. The van der Waals surface area contributed by atoms with Crippen molar-refractivity contribution in [2.24, 2.45) is 0 Å². The number of rotatable bonds is 9. The highest BCUT2D eigenvalue weighted by atomic mass is 127. The van der Waals surface area contributed by atoms with Gasteiger partial charge in [-0.2, -0.15) is 15.3 Å². The molecule has 1 aliphatic rings. The minimum atomic E-state index is -1.48. The van der Waals surface area contributed by atoms with Gasteiger partial charge in [0, 0.05) is 39.8 Å². The van der Waals surface area contributed by atoms with E-state index in [1.807, 2.05) is 141 Å². The van der Waals surface area contributed by atoms with Gasteiger partial charge < -0.3 is 19.4 Å². The maximum Gasteiger partial charge on any atom is 0.516 e. The van der Waals surface area contributed by atoms with E-state index < -0.39 is 14.2 Å². The molecule has 19 rings (SSSR count). The second-order valence-corrected chi connectivity index (χ2v) is 30.5. The van der Waals surface area contributed by atoms with Gasteiger partial charge in [-0.25, -0.2) is 13.5 Å². The highest BCUT2D eigenvalue weighted by Crippen LogP contribution is 2.38. The highest BCUT2D eigenvalue weighted by Gasteiger charge is 2.52. The molecule has 7 heterocycles. The number of nitrogens with zero attached hydrogens (tertiary/aromatic N) is 6. The quantitative estimate of drug-likeness (QED) is 0.109. The molecule has 0 radical (unpaired) electrons. The topological polar surface area (TPSA) is 111 Å². The summed E-state index contributed by atoms with van der Waals surface area (Å²) in [6.45, 7) is 8.22. The van der Waals surface area contributed by atoms with Crippen LogP contribution in [0.5, 0.6) is 0 Å². The van der Waals surface area contributed by atoms with Crippen molar-refractivity contribution < 1.29 is 19.4 Å². The summed E-state index contributed by atoms with van der Waals surface area (Å²) in [5, 5.41) is 37.0. The minimum Gasteiger partial charge on any atom is -0.423 e. The molecule has 1 aliphatic heterocycles. The van der Waals surface area contributed by atoms with Crippen molar-refractivity contribution in [3.63, 3.8) is 0 Å². The van der Waals surface area contributed by atoms with Crippen molar-refractivity contribution in [3.8, 4) is 78.1 Å². The summed E-state index contributed by atoms with van der Waals surface area (Å²) in [4.78, 5) is 0. The largest absolute Gasteiger partial charge is 0.516 e. The third-order valence-electron chi connectivity index (χ3n) is 19.6. The fourth-order valence-corrected chi connectivity index (χ4v) is 14.0. The van der Waals surface area contributed by atoms with Crippen LogP contribution in [0, 0.1) is 3.57 Å². The molecule has 1 fully saturated rings. The van der Waals surface area contributed by atoms with Crippen molar-refractivity contribution in [2.75, 3.05) is 0 Å². The summed E-state index contributed by atoms with van der Waals surface area (Å²) in [7, 11) is -1.90. The molecule has 1 saturated heterocycles. The predicted octanol–water partition coefficient (Wildman–Crippen LogP) is 22.6. The summed E-state index contributed by atoms with van der Waals surface area (Å²) >= 11 is 9.08. The van der Waals surface area contributed by atoms with Crippen molar-refractivity contribution in [1.82, 2.24) is 28.8 Å². The van der Waals surface area contributed by atoms with Gasteiger partial charge in [-0.05, 0) is 227 Å². The Labute approximate surface area is 659 Å². The van der Waals surface area contributed by atoms with E-state index in [2.05, 4.69) is 313 Å². The van der Waals surface area contributed by atoms with Crippen molar-refractivity contribution >= 4 is 129 Å². The van der Waals surface area contributed by atoms with Crippen LogP contribution >= 0.6 is 54.5 Å². The van der Waals surface area contributed by atoms with Crippen molar-refractivity contribution in [3.05, 3.63) is 370 Å². The fourth-order valence-electron chi connectivity index (χ4n) is 13.2. The molecule has 0 saturated carbocycles. The van der Waals surface area contributed by atoms with Gasteiger partial charge in [-0.1, -0.05) is 275 Å². The molecule has 10 nitrogen and oxygen atoms in total. The molecule has 526 valence electrons. The van der Waals surface area contributed by atoms with Gasteiger partial charge >= 0.3 is 14.2 Å². The van der Waals surface area contributed by atoms with Gasteiger partial charge in [-0.15, -0.1) is 0 Å². The molecule has 2 N–H and O–H groups in total. The molecular weight excluding hydrogens is 1570 g/mol. The molecule has 0 aliphatic carbocycles.